The molecule has 0 atom stereocenters. The second-order valence-corrected chi connectivity index (χ2v) is 7.22. The standard InChI is InChI=1S/C23H33N3O3/c1-5-12-28-21-11-10-20(15-22(21)29-13-6-2)25-23(27)24-16-18-8-7-9-19(14-18)17-26(3)4/h7-11,14-15H,5-6,12-13,16-17H2,1-4H3,(H2,24,25,27). The molecule has 2 rings (SSSR count). The first-order valence-corrected chi connectivity index (χ1v) is 10.2. The first-order chi connectivity index (χ1) is 14.0. The number of benzene rings is 2. The van der Waals surface area contributed by atoms with Gasteiger partial charge in [-0.15, -0.1) is 0 Å². The minimum absolute atomic E-state index is 0.258. The lowest BCUT2D eigenvalue weighted by Gasteiger charge is -2.14. The van der Waals surface area contributed by atoms with E-state index in [2.05, 4.69) is 41.5 Å². The summed E-state index contributed by atoms with van der Waals surface area (Å²) in [6, 6.07) is 13.4. The Kier molecular flexibility index (Phi) is 9.31. The van der Waals surface area contributed by atoms with E-state index >= 15 is 0 Å². The van der Waals surface area contributed by atoms with E-state index in [0.29, 0.717) is 36.9 Å². The minimum Gasteiger partial charge on any atom is -0.490 e. The van der Waals surface area contributed by atoms with Crippen molar-refractivity contribution in [3.05, 3.63) is 53.6 Å². The van der Waals surface area contributed by atoms with E-state index < -0.39 is 0 Å². The Hall–Kier alpha value is -2.73. The molecule has 2 N–H and O–H groups in total. The smallest absolute Gasteiger partial charge is 0.319 e. The highest BCUT2D eigenvalue weighted by Gasteiger charge is 2.09. The zero-order chi connectivity index (χ0) is 21.1. The molecule has 0 saturated carbocycles. The molecule has 0 spiro atoms. The fourth-order valence-corrected chi connectivity index (χ4v) is 2.80. The van der Waals surface area contributed by atoms with Crippen LogP contribution in [0.4, 0.5) is 10.5 Å². The maximum Gasteiger partial charge on any atom is 0.319 e. The predicted molar refractivity (Wildman–Crippen MR) is 118 cm³/mol. The third-order valence-corrected chi connectivity index (χ3v) is 4.07. The van der Waals surface area contributed by atoms with Crippen LogP contribution >= 0.6 is 0 Å². The second kappa shape index (κ2) is 12.0. The highest BCUT2D eigenvalue weighted by molar-refractivity contribution is 5.89. The molecule has 0 radical (unpaired) electrons. The molecule has 2 aromatic rings. The average molecular weight is 400 g/mol. The maximum atomic E-state index is 12.3. The van der Waals surface area contributed by atoms with Gasteiger partial charge in [0.15, 0.2) is 11.5 Å². The van der Waals surface area contributed by atoms with Gasteiger partial charge in [0.05, 0.1) is 13.2 Å². The molecule has 2 aromatic carbocycles. The number of hydrogen-bond donors (Lipinski definition) is 2. The first kappa shape index (κ1) is 22.6. The molecule has 0 bridgehead atoms. The minimum atomic E-state index is -0.258. The zero-order valence-corrected chi connectivity index (χ0v) is 18.0. The molecular weight excluding hydrogens is 366 g/mol. The monoisotopic (exact) mass is 399 g/mol. The van der Waals surface area contributed by atoms with Crippen LogP contribution in [0.25, 0.3) is 0 Å². The summed E-state index contributed by atoms with van der Waals surface area (Å²) in [7, 11) is 4.07. The molecule has 0 fully saturated rings. The molecule has 158 valence electrons. The topological polar surface area (TPSA) is 62.8 Å². The SMILES string of the molecule is CCCOc1ccc(NC(=O)NCc2cccc(CN(C)C)c2)cc1OCCC. The Labute approximate surface area is 174 Å². The van der Waals surface area contributed by atoms with Crippen LogP contribution in [0.15, 0.2) is 42.5 Å². The summed E-state index contributed by atoms with van der Waals surface area (Å²) >= 11 is 0. The molecule has 0 unspecified atom stereocenters. The first-order valence-electron chi connectivity index (χ1n) is 10.2. The van der Waals surface area contributed by atoms with E-state index in [0.717, 1.165) is 24.9 Å². The summed E-state index contributed by atoms with van der Waals surface area (Å²) in [6.07, 6.45) is 1.82. The number of ether oxygens (including phenoxy) is 2. The molecule has 29 heavy (non-hydrogen) atoms. The van der Waals surface area contributed by atoms with Crippen LogP contribution in [0.2, 0.25) is 0 Å². The van der Waals surface area contributed by atoms with Crippen LogP contribution in [0.3, 0.4) is 0 Å². The van der Waals surface area contributed by atoms with Crippen LogP contribution in [0.1, 0.15) is 37.8 Å². The van der Waals surface area contributed by atoms with Gasteiger partial charge in [-0.05, 0) is 50.2 Å². The highest BCUT2D eigenvalue weighted by atomic mass is 16.5. The number of rotatable bonds is 11. The number of urea groups is 1. The van der Waals surface area contributed by atoms with Crippen molar-refractivity contribution in [2.45, 2.75) is 39.8 Å². The van der Waals surface area contributed by atoms with Gasteiger partial charge in [-0.2, -0.15) is 0 Å². The third-order valence-electron chi connectivity index (χ3n) is 4.07. The van der Waals surface area contributed by atoms with Crippen LogP contribution in [0, 0.1) is 0 Å². The normalized spacial score (nSPS) is 10.7. The third kappa shape index (κ3) is 8.03. The van der Waals surface area contributed by atoms with Gasteiger partial charge in [0.1, 0.15) is 0 Å². The fraction of sp³-hybridized carbons (Fsp3) is 0.435. The lowest BCUT2D eigenvalue weighted by molar-refractivity contribution is 0.251. The van der Waals surface area contributed by atoms with E-state index in [4.69, 9.17) is 9.47 Å². The fourth-order valence-electron chi connectivity index (χ4n) is 2.80. The van der Waals surface area contributed by atoms with Gasteiger partial charge in [0, 0.05) is 24.8 Å². The van der Waals surface area contributed by atoms with E-state index in [1.165, 1.54) is 5.56 Å². The Balaban J connectivity index is 1.95. The van der Waals surface area contributed by atoms with Crippen molar-refractivity contribution in [3.8, 4) is 11.5 Å². The van der Waals surface area contributed by atoms with Gasteiger partial charge in [-0.25, -0.2) is 4.79 Å². The number of nitrogens with zero attached hydrogens (tertiary/aromatic N) is 1. The van der Waals surface area contributed by atoms with Gasteiger partial charge in [-0.3, -0.25) is 0 Å². The predicted octanol–water partition coefficient (Wildman–Crippen LogP) is 4.65. The van der Waals surface area contributed by atoms with Crippen molar-refractivity contribution in [3.63, 3.8) is 0 Å². The zero-order valence-electron chi connectivity index (χ0n) is 18.0. The largest absolute Gasteiger partial charge is 0.490 e. The van der Waals surface area contributed by atoms with Crippen LogP contribution in [-0.4, -0.2) is 38.2 Å². The molecule has 0 heterocycles. The molecule has 0 aliphatic carbocycles. The quantitative estimate of drug-likeness (QED) is 0.577. The van der Waals surface area contributed by atoms with Gasteiger partial charge in [0.25, 0.3) is 0 Å². The van der Waals surface area contributed by atoms with Crippen LogP contribution in [0.5, 0.6) is 11.5 Å². The van der Waals surface area contributed by atoms with Crippen molar-refractivity contribution in [1.82, 2.24) is 10.2 Å². The summed E-state index contributed by atoms with van der Waals surface area (Å²) < 4.78 is 11.5. The summed E-state index contributed by atoms with van der Waals surface area (Å²) in [6.45, 7) is 6.67. The van der Waals surface area contributed by atoms with Crippen molar-refractivity contribution in [2.24, 2.45) is 0 Å². The molecule has 0 aromatic heterocycles. The number of hydrogen-bond acceptors (Lipinski definition) is 4. The highest BCUT2D eigenvalue weighted by Crippen LogP contribution is 2.31. The Morgan fingerprint density at radius 2 is 1.62 bits per heavy atom. The molecule has 0 aliphatic heterocycles. The molecule has 2 amide bonds. The average Bonchev–Trinajstić information content (AvgIpc) is 2.70. The summed E-state index contributed by atoms with van der Waals surface area (Å²) in [4.78, 5) is 14.4. The summed E-state index contributed by atoms with van der Waals surface area (Å²) in [5.74, 6) is 1.35. The molecular formula is C23H33N3O3. The second-order valence-electron chi connectivity index (χ2n) is 7.22. The van der Waals surface area contributed by atoms with E-state index in [1.807, 2.05) is 38.4 Å². The summed E-state index contributed by atoms with van der Waals surface area (Å²) in [5, 5.41) is 5.77. The number of anilines is 1. The Morgan fingerprint density at radius 1 is 0.931 bits per heavy atom. The van der Waals surface area contributed by atoms with Crippen LogP contribution in [-0.2, 0) is 13.1 Å². The summed E-state index contributed by atoms with van der Waals surface area (Å²) in [5.41, 5.74) is 2.95. The lowest BCUT2D eigenvalue weighted by Crippen LogP contribution is -2.28. The molecule has 0 aliphatic rings. The van der Waals surface area contributed by atoms with Crippen molar-refractivity contribution >= 4 is 11.7 Å². The van der Waals surface area contributed by atoms with Gasteiger partial charge in [-0.1, -0.05) is 38.1 Å². The van der Waals surface area contributed by atoms with Crippen molar-refractivity contribution in [2.75, 3.05) is 32.6 Å². The Morgan fingerprint density at radius 3 is 2.31 bits per heavy atom. The number of carbonyl (C=O) groups excluding carboxylic acids is 1. The Bertz CT molecular complexity index is 778. The van der Waals surface area contributed by atoms with E-state index in [9.17, 15) is 4.79 Å². The van der Waals surface area contributed by atoms with Crippen LogP contribution < -0.4 is 20.1 Å². The molecule has 6 nitrogen and oxygen atoms in total. The van der Waals surface area contributed by atoms with Crippen molar-refractivity contribution in [1.29, 1.82) is 0 Å². The van der Waals surface area contributed by atoms with Gasteiger partial charge < -0.3 is 25.0 Å². The maximum absolute atomic E-state index is 12.3. The number of carbonyl (C=O) groups is 1. The van der Waals surface area contributed by atoms with Crippen molar-refractivity contribution < 1.29 is 14.3 Å². The molecule has 6 heteroatoms. The van der Waals surface area contributed by atoms with E-state index in [1.54, 1.807) is 6.07 Å². The number of amides is 2. The van der Waals surface area contributed by atoms with E-state index in [-0.39, 0.29) is 6.03 Å². The molecule has 0 saturated heterocycles. The van der Waals surface area contributed by atoms with Gasteiger partial charge in [0.2, 0.25) is 0 Å². The lowest BCUT2D eigenvalue weighted by atomic mass is 10.1. The number of nitrogens with one attached hydrogen (secondary N) is 2. The van der Waals surface area contributed by atoms with Gasteiger partial charge >= 0.3 is 6.03 Å².